The summed E-state index contributed by atoms with van der Waals surface area (Å²) in [6.45, 7) is 0. The summed E-state index contributed by atoms with van der Waals surface area (Å²) < 4.78 is 6.82. The van der Waals surface area contributed by atoms with Gasteiger partial charge in [-0.2, -0.15) is 5.10 Å². The third-order valence-electron chi connectivity index (χ3n) is 2.95. The van der Waals surface area contributed by atoms with Crippen LogP contribution in [-0.2, 0) is 7.05 Å². The zero-order chi connectivity index (χ0) is 12.5. The molecule has 0 aliphatic carbocycles. The molecule has 0 saturated carbocycles. The van der Waals surface area contributed by atoms with Gasteiger partial charge in [0, 0.05) is 18.2 Å². The van der Waals surface area contributed by atoms with E-state index in [-0.39, 0.29) is 0 Å². The van der Waals surface area contributed by atoms with Crippen LogP contribution in [-0.4, -0.2) is 9.78 Å². The van der Waals surface area contributed by atoms with Crippen molar-refractivity contribution in [2.75, 3.05) is 5.73 Å². The van der Waals surface area contributed by atoms with E-state index in [1.807, 2.05) is 43.4 Å². The van der Waals surface area contributed by atoms with Crippen LogP contribution in [0.3, 0.4) is 0 Å². The minimum Gasteiger partial charge on any atom is -0.472 e. The summed E-state index contributed by atoms with van der Waals surface area (Å²) in [6, 6.07) is 11.9. The molecule has 0 fully saturated rings. The van der Waals surface area contributed by atoms with Crippen LogP contribution >= 0.6 is 0 Å². The predicted molar refractivity (Wildman–Crippen MR) is 70.8 cm³/mol. The van der Waals surface area contributed by atoms with Crippen molar-refractivity contribution in [2.45, 2.75) is 0 Å². The summed E-state index contributed by atoms with van der Waals surface area (Å²) in [5.41, 5.74) is 9.86. The van der Waals surface area contributed by atoms with E-state index in [0.717, 1.165) is 22.4 Å². The van der Waals surface area contributed by atoms with Crippen LogP contribution in [0.2, 0.25) is 0 Å². The Balaban J connectivity index is 2.25. The maximum absolute atomic E-state index is 6.09. The Kier molecular flexibility index (Phi) is 2.41. The van der Waals surface area contributed by atoms with Crippen molar-refractivity contribution in [3.05, 3.63) is 48.9 Å². The number of nitrogens with two attached hydrogens (primary N) is 1. The summed E-state index contributed by atoms with van der Waals surface area (Å²) in [4.78, 5) is 0. The van der Waals surface area contributed by atoms with Gasteiger partial charge >= 0.3 is 0 Å². The Bertz CT molecular complexity index is 654. The Labute approximate surface area is 105 Å². The quantitative estimate of drug-likeness (QED) is 0.748. The summed E-state index contributed by atoms with van der Waals surface area (Å²) in [5.74, 6) is 0.634. The molecule has 0 radical (unpaired) electrons. The second-order valence-electron chi connectivity index (χ2n) is 4.11. The van der Waals surface area contributed by atoms with Crippen LogP contribution < -0.4 is 5.73 Å². The van der Waals surface area contributed by atoms with Gasteiger partial charge in [0.25, 0.3) is 0 Å². The average Bonchev–Trinajstić information content (AvgIpc) is 3.00. The fraction of sp³-hybridized carbons (Fsp3) is 0.0714. The molecule has 1 aromatic carbocycles. The van der Waals surface area contributed by atoms with Crippen molar-refractivity contribution in [2.24, 2.45) is 7.05 Å². The Morgan fingerprint density at radius 1 is 1.11 bits per heavy atom. The minimum atomic E-state index is 0.634. The smallest absolute Gasteiger partial charge is 0.130 e. The van der Waals surface area contributed by atoms with Crippen LogP contribution in [0.4, 0.5) is 5.82 Å². The molecule has 0 bridgehead atoms. The average molecular weight is 239 g/mol. The monoisotopic (exact) mass is 239 g/mol. The van der Waals surface area contributed by atoms with E-state index in [9.17, 15) is 0 Å². The molecule has 0 atom stereocenters. The third-order valence-corrected chi connectivity index (χ3v) is 2.95. The number of hydrogen-bond acceptors (Lipinski definition) is 3. The zero-order valence-electron chi connectivity index (χ0n) is 10.00. The van der Waals surface area contributed by atoms with Gasteiger partial charge in [0.1, 0.15) is 11.5 Å². The van der Waals surface area contributed by atoms with Crippen molar-refractivity contribution in [3.8, 4) is 22.4 Å². The van der Waals surface area contributed by atoms with Gasteiger partial charge in [0.15, 0.2) is 0 Å². The minimum absolute atomic E-state index is 0.634. The first-order valence-corrected chi connectivity index (χ1v) is 5.68. The van der Waals surface area contributed by atoms with E-state index >= 15 is 0 Å². The number of rotatable bonds is 2. The molecule has 18 heavy (non-hydrogen) atoms. The van der Waals surface area contributed by atoms with Crippen molar-refractivity contribution in [3.63, 3.8) is 0 Å². The first-order chi connectivity index (χ1) is 8.77. The van der Waals surface area contributed by atoms with Crippen molar-refractivity contribution >= 4 is 5.82 Å². The van der Waals surface area contributed by atoms with Crippen LogP contribution in [0.5, 0.6) is 0 Å². The molecule has 0 saturated heterocycles. The second-order valence-corrected chi connectivity index (χ2v) is 4.11. The molecule has 4 nitrogen and oxygen atoms in total. The first-order valence-electron chi connectivity index (χ1n) is 5.68. The van der Waals surface area contributed by atoms with Crippen molar-refractivity contribution in [1.29, 1.82) is 0 Å². The van der Waals surface area contributed by atoms with Gasteiger partial charge in [-0.25, -0.2) is 0 Å². The highest BCUT2D eigenvalue weighted by Crippen LogP contribution is 2.35. The zero-order valence-corrected chi connectivity index (χ0v) is 10.00. The lowest BCUT2D eigenvalue weighted by molar-refractivity contribution is 0.568. The number of hydrogen-bond donors (Lipinski definition) is 1. The van der Waals surface area contributed by atoms with Gasteiger partial charge < -0.3 is 10.2 Å². The third kappa shape index (κ3) is 1.59. The highest BCUT2D eigenvalue weighted by Gasteiger charge is 2.17. The summed E-state index contributed by atoms with van der Waals surface area (Å²) in [6.07, 6.45) is 3.32. The lowest BCUT2D eigenvalue weighted by Gasteiger charge is -2.00. The number of furan rings is 1. The van der Waals surface area contributed by atoms with Crippen LogP contribution in [0.25, 0.3) is 22.4 Å². The standard InChI is InChI=1S/C14H13N3O/c1-17-14(15)12(11-7-8-18-9-11)13(16-17)10-5-3-2-4-6-10/h2-9H,15H2,1H3. The van der Waals surface area contributed by atoms with Crippen molar-refractivity contribution < 1.29 is 4.42 Å². The molecule has 2 aromatic heterocycles. The highest BCUT2D eigenvalue weighted by molar-refractivity contribution is 5.87. The van der Waals surface area contributed by atoms with E-state index in [2.05, 4.69) is 5.10 Å². The van der Waals surface area contributed by atoms with E-state index in [1.54, 1.807) is 17.2 Å². The molecule has 3 aromatic rings. The summed E-state index contributed by atoms with van der Waals surface area (Å²) in [5, 5.41) is 4.49. The molecule has 0 spiro atoms. The Hall–Kier alpha value is -2.49. The maximum atomic E-state index is 6.09. The lowest BCUT2D eigenvalue weighted by atomic mass is 10.0. The fourth-order valence-electron chi connectivity index (χ4n) is 2.03. The molecule has 0 aliphatic heterocycles. The summed E-state index contributed by atoms with van der Waals surface area (Å²) in [7, 11) is 1.84. The number of aryl methyl sites for hydroxylation is 1. The SMILES string of the molecule is Cn1nc(-c2ccccc2)c(-c2ccoc2)c1N. The van der Waals surface area contributed by atoms with Crippen LogP contribution in [0.15, 0.2) is 53.3 Å². The number of aromatic nitrogens is 2. The van der Waals surface area contributed by atoms with Gasteiger partial charge in [0.2, 0.25) is 0 Å². The van der Waals surface area contributed by atoms with Gasteiger partial charge in [-0.05, 0) is 6.07 Å². The molecule has 90 valence electrons. The fourth-order valence-corrected chi connectivity index (χ4v) is 2.03. The van der Waals surface area contributed by atoms with Crippen LogP contribution in [0.1, 0.15) is 0 Å². The van der Waals surface area contributed by atoms with E-state index in [0.29, 0.717) is 5.82 Å². The molecule has 2 N–H and O–H groups in total. The van der Waals surface area contributed by atoms with Gasteiger partial charge in [-0.3, -0.25) is 4.68 Å². The molecular formula is C14H13N3O. The summed E-state index contributed by atoms with van der Waals surface area (Å²) >= 11 is 0. The van der Waals surface area contributed by atoms with Gasteiger partial charge in [0.05, 0.1) is 18.1 Å². The number of benzene rings is 1. The normalized spacial score (nSPS) is 10.7. The molecule has 4 heteroatoms. The highest BCUT2D eigenvalue weighted by atomic mass is 16.3. The predicted octanol–water partition coefficient (Wildman–Crippen LogP) is 2.93. The molecule has 2 heterocycles. The van der Waals surface area contributed by atoms with E-state index in [1.165, 1.54) is 0 Å². The molecule has 0 aliphatic rings. The maximum Gasteiger partial charge on any atom is 0.130 e. The van der Waals surface area contributed by atoms with E-state index < -0.39 is 0 Å². The second kappa shape index (κ2) is 4.07. The van der Waals surface area contributed by atoms with Crippen molar-refractivity contribution in [1.82, 2.24) is 9.78 Å². The number of nitrogen functional groups attached to an aromatic ring is 1. The molecule has 0 amide bonds. The van der Waals surface area contributed by atoms with Gasteiger partial charge in [-0.1, -0.05) is 30.3 Å². The molecule has 3 rings (SSSR count). The Morgan fingerprint density at radius 2 is 1.89 bits per heavy atom. The van der Waals surface area contributed by atoms with E-state index in [4.69, 9.17) is 10.2 Å². The molecule has 0 unspecified atom stereocenters. The first kappa shape index (κ1) is 10.7. The molecular weight excluding hydrogens is 226 g/mol. The largest absolute Gasteiger partial charge is 0.472 e. The lowest BCUT2D eigenvalue weighted by Crippen LogP contribution is -1.97. The number of nitrogens with zero attached hydrogens (tertiary/aromatic N) is 2. The Morgan fingerprint density at radius 3 is 2.56 bits per heavy atom. The van der Waals surface area contributed by atoms with Gasteiger partial charge in [-0.15, -0.1) is 0 Å². The number of anilines is 1. The topological polar surface area (TPSA) is 57.0 Å². The van der Waals surface area contributed by atoms with Crippen LogP contribution in [0, 0.1) is 0 Å².